The van der Waals surface area contributed by atoms with E-state index >= 15 is 0 Å². The molecule has 2 aromatic heterocycles. The molecule has 2 heterocycles. The van der Waals surface area contributed by atoms with E-state index in [-0.39, 0.29) is 11.2 Å². The van der Waals surface area contributed by atoms with Gasteiger partial charge in [0.25, 0.3) is 5.91 Å². The number of rotatable bonds is 6. The molecule has 0 fully saturated rings. The second-order valence-corrected chi connectivity index (χ2v) is 7.35. The Morgan fingerprint density at radius 2 is 1.65 bits per heavy atom. The lowest BCUT2D eigenvalue weighted by Crippen LogP contribution is -2.29. The van der Waals surface area contributed by atoms with E-state index in [1.54, 1.807) is 0 Å². The quantitative estimate of drug-likeness (QED) is 0.454. The first-order chi connectivity index (χ1) is 16.2. The van der Waals surface area contributed by atoms with E-state index in [0.717, 1.165) is 26.8 Å². The summed E-state index contributed by atoms with van der Waals surface area (Å²) in [4.78, 5) is 37.5. The van der Waals surface area contributed by atoms with Gasteiger partial charge in [0.05, 0.1) is 16.8 Å². The molecule has 2 aromatic carbocycles. The minimum absolute atomic E-state index is 0.174. The highest BCUT2D eigenvalue weighted by Crippen LogP contribution is 2.34. The predicted octanol–water partition coefficient (Wildman–Crippen LogP) is 3.08. The number of hydrogen-bond acceptors (Lipinski definition) is 4. The average Bonchev–Trinajstić information content (AvgIpc) is 3.12. The Kier molecular flexibility index (Phi) is 6.17. The topological polar surface area (TPSA) is 97.5 Å². The van der Waals surface area contributed by atoms with Crippen LogP contribution in [0.4, 0.5) is 18.9 Å². The monoisotopic (exact) mass is 469 g/mol. The van der Waals surface area contributed by atoms with Gasteiger partial charge >= 0.3 is 11.9 Å². The van der Waals surface area contributed by atoms with Crippen LogP contribution in [0.1, 0.15) is 21.5 Å². The van der Waals surface area contributed by atoms with Crippen molar-refractivity contribution >= 4 is 23.1 Å². The van der Waals surface area contributed by atoms with Crippen LogP contribution in [0, 0.1) is 0 Å². The highest BCUT2D eigenvalue weighted by Gasteiger charge is 2.33. The molecule has 0 unspecified atom stereocenters. The number of fused-ring (bicyclic) bond motifs is 1. The van der Waals surface area contributed by atoms with Crippen LogP contribution in [0.25, 0.3) is 5.65 Å². The van der Waals surface area contributed by atoms with Crippen molar-refractivity contribution in [2.24, 2.45) is 0 Å². The summed E-state index contributed by atoms with van der Waals surface area (Å²) in [7, 11) is 0. The first-order valence-corrected chi connectivity index (χ1v) is 10.1. The van der Waals surface area contributed by atoms with E-state index in [1.165, 1.54) is 30.5 Å². The van der Waals surface area contributed by atoms with Crippen molar-refractivity contribution in [1.82, 2.24) is 19.5 Å². The fraction of sp³-hybridized carbons (Fsp3) is 0.130. The number of amides is 2. The minimum atomic E-state index is -4.65. The molecule has 0 radical (unpaired) electrons. The summed E-state index contributed by atoms with van der Waals surface area (Å²) in [6.07, 6.45) is -3.36. The lowest BCUT2D eigenvalue weighted by Gasteiger charge is -2.13. The highest BCUT2D eigenvalue weighted by atomic mass is 19.4. The summed E-state index contributed by atoms with van der Waals surface area (Å²) in [6, 6.07) is 16.7. The number of benzene rings is 2. The van der Waals surface area contributed by atoms with Crippen molar-refractivity contribution in [1.29, 1.82) is 0 Å². The number of nitrogens with one attached hydrogen (secondary N) is 2. The molecule has 4 aromatic rings. The van der Waals surface area contributed by atoms with Gasteiger partial charge in [-0.2, -0.15) is 13.2 Å². The third-order valence-electron chi connectivity index (χ3n) is 4.94. The number of carbonyl (C=O) groups is 2. The number of alkyl halides is 3. The van der Waals surface area contributed by atoms with Crippen LogP contribution in [0.15, 0.2) is 77.7 Å². The third kappa shape index (κ3) is 4.98. The summed E-state index contributed by atoms with van der Waals surface area (Å²) in [5.41, 5.74) is -0.861. The van der Waals surface area contributed by atoms with Gasteiger partial charge in [0.15, 0.2) is 5.65 Å². The molecule has 0 aliphatic rings. The largest absolute Gasteiger partial charge is 0.418 e. The first kappa shape index (κ1) is 22.8. The second-order valence-electron chi connectivity index (χ2n) is 7.35. The van der Waals surface area contributed by atoms with Crippen LogP contribution in [-0.4, -0.2) is 26.0 Å². The van der Waals surface area contributed by atoms with Gasteiger partial charge in [-0.05, 0) is 29.8 Å². The summed E-state index contributed by atoms with van der Waals surface area (Å²) in [6.45, 7) is -0.312. The van der Waals surface area contributed by atoms with Crippen LogP contribution in [-0.2, 0) is 24.1 Å². The number of nitrogens with zero attached hydrogens (tertiary/aromatic N) is 3. The van der Waals surface area contributed by atoms with E-state index in [2.05, 4.69) is 15.7 Å². The molecule has 34 heavy (non-hydrogen) atoms. The number of hydrogen-bond donors (Lipinski definition) is 2. The second kappa shape index (κ2) is 9.22. The first-order valence-electron chi connectivity index (χ1n) is 10.1. The number of pyridine rings is 1. The summed E-state index contributed by atoms with van der Waals surface area (Å²) in [5, 5.41) is 8.92. The molecular formula is C23H18F3N5O3. The molecule has 174 valence electrons. The van der Waals surface area contributed by atoms with E-state index in [1.807, 2.05) is 30.3 Å². The van der Waals surface area contributed by atoms with E-state index in [0.29, 0.717) is 6.54 Å². The van der Waals surface area contributed by atoms with Crippen LogP contribution in [0.2, 0.25) is 0 Å². The van der Waals surface area contributed by atoms with Gasteiger partial charge in [-0.3, -0.25) is 9.59 Å². The fourth-order valence-electron chi connectivity index (χ4n) is 3.30. The molecule has 0 spiro atoms. The normalized spacial score (nSPS) is 11.4. The van der Waals surface area contributed by atoms with Crippen molar-refractivity contribution in [2.45, 2.75) is 19.3 Å². The maximum Gasteiger partial charge on any atom is 0.418 e. The van der Waals surface area contributed by atoms with Gasteiger partial charge in [-0.15, -0.1) is 5.10 Å². The molecule has 4 rings (SSSR count). The molecule has 0 aliphatic carbocycles. The van der Waals surface area contributed by atoms with Crippen LogP contribution >= 0.6 is 0 Å². The summed E-state index contributed by atoms with van der Waals surface area (Å²) in [5.74, 6) is -1.27. The Bertz CT molecular complexity index is 1410. The highest BCUT2D eigenvalue weighted by molar-refractivity contribution is 5.94. The molecule has 0 saturated heterocycles. The van der Waals surface area contributed by atoms with E-state index in [9.17, 15) is 27.6 Å². The number of para-hydroxylation sites is 1. The van der Waals surface area contributed by atoms with Crippen LogP contribution in [0.3, 0.4) is 0 Å². The summed E-state index contributed by atoms with van der Waals surface area (Å²) < 4.78 is 41.3. The van der Waals surface area contributed by atoms with Crippen molar-refractivity contribution in [3.05, 3.63) is 100 Å². The Morgan fingerprint density at radius 3 is 2.38 bits per heavy atom. The standard InChI is InChI=1S/C23H18F3N5O3/c24-23(25,26)17-8-4-5-9-18(17)28-20(32)14-31-22(34)30-13-16(10-11-19(30)29-31)21(33)27-12-15-6-2-1-3-7-15/h1-11,13H,12,14H2,(H,27,33)(H,28,32). The predicted molar refractivity (Wildman–Crippen MR) is 117 cm³/mol. The zero-order valence-corrected chi connectivity index (χ0v) is 17.5. The van der Waals surface area contributed by atoms with Crippen LogP contribution in [0.5, 0.6) is 0 Å². The van der Waals surface area contributed by atoms with Crippen molar-refractivity contribution in [3.8, 4) is 0 Å². The lowest BCUT2D eigenvalue weighted by molar-refractivity contribution is -0.137. The molecule has 2 N–H and O–H groups in total. The number of anilines is 1. The van der Waals surface area contributed by atoms with E-state index in [4.69, 9.17) is 0 Å². The summed E-state index contributed by atoms with van der Waals surface area (Å²) >= 11 is 0. The molecule has 11 heteroatoms. The van der Waals surface area contributed by atoms with Gasteiger partial charge in [0.2, 0.25) is 5.91 Å². The zero-order valence-electron chi connectivity index (χ0n) is 17.5. The Morgan fingerprint density at radius 1 is 0.941 bits per heavy atom. The number of halogens is 3. The Balaban J connectivity index is 1.49. The zero-order chi connectivity index (χ0) is 24.3. The third-order valence-corrected chi connectivity index (χ3v) is 4.94. The Hall–Kier alpha value is -4.41. The van der Waals surface area contributed by atoms with Gasteiger partial charge in [0.1, 0.15) is 6.54 Å². The van der Waals surface area contributed by atoms with Crippen molar-refractivity contribution < 1.29 is 22.8 Å². The fourth-order valence-corrected chi connectivity index (χ4v) is 3.30. The smallest absolute Gasteiger partial charge is 0.348 e. The van der Waals surface area contributed by atoms with Gasteiger partial charge < -0.3 is 10.6 Å². The maximum atomic E-state index is 13.1. The molecule has 8 nitrogen and oxygen atoms in total. The van der Waals surface area contributed by atoms with Gasteiger partial charge in [0, 0.05) is 12.7 Å². The van der Waals surface area contributed by atoms with Gasteiger partial charge in [-0.25, -0.2) is 13.9 Å². The number of carbonyl (C=O) groups excluding carboxylic acids is 2. The van der Waals surface area contributed by atoms with Crippen LogP contribution < -0.4 is 16.3 Å². The SMILES string of the molecule is O=C(Cn1nc2ccc(C(=O)NCc3ccccc3)cn2c1=O)Nc1ccccc1C(F)(F)F. The molecule has 0 saturated carbocycles. The molecule has 0 bridgehead atoms. The van der Waals surface area contributed by atoms with Gasteiger partial charge in [-0.1, -0.05) is 42.5 Å². The van der Waals surface area contributed by atoms with E-state index < -0.39 is 41.5 Å². The minimum Gasteiger partial charge on any atom is -0.348 e. The molecular weight excluding hydrogens is 451 g/mol. The average molecular weight is 469 g/mol. The van der Waals surface area contributed by atoms with Crippen molar-refractivity contribution in [2.75, 3.05) is 5.32 Å². The Labute approximate surface area is 190 Å². The lowest BCUT2D eigenvalue weighted by atomic mass is 10.1. The van der Waals surface area contributed by atoms with Crippen molar-refractivity contribution in [3.63, 3.8) is 0 Å². The molecule has 2 amide bonds. The maximum absolute atomic E-state index is 13.1. The number of aromatic nitrogens is 3. The molecule has 0 aliphatic heterocycles. The molecule has 0 atom stereocenters.